The zero-order valence-electron chi connectivity index (χ0n) is 9.48. The molecule has 1 saturated carbocycles. The smallest absolute Gasteiger partial charge is 0.168 e. The molecule has 0 bridgehead atoms. The molecule has 5 nitrogen and oxygen atoms in total. The molecule has 1 atom stereocenters. The molecular weight excluding hydrogens is 190 g/mol. The van der Waals surface area contributed by atoms with Crippen LogP contribution < -0.4 is 5.32 Å². The highest BCUT2D eigenvalue weighted by Gasteiger charge is 2.21. The number of hydrogen-bond donors (Lipinski definition) is 1. The van der Waals surface area contributed by atoms with Crippen LogP contribution in [-0.2, 0) is 0 Å². The maximum absolute atomic E-state index is 4.12. The van der Waals surface area contributed by atoms with Gasteiger partial charge in [-0.2, -0.15) is 0 Å². The highest BCUT2D eigenvalue weighted by Crippen LogP contribution is 2.28. The molecule has 1 aromatic heterocycles. The molecule has 1 heterocycles. The second kappa shape index (κ2) is 4.70. The first-order valence-corrected chi connectivity index (χ1v) is 5.78. The summed E-state index contributed by atoms with van der Waals surface area (Å²) in [5.41, 5.74) is 0. The van der Waals surface area contributed by atoms with Gasteiger partial charge in [0.1, 0.15) is 0 Å². The minimum absolute atomic E-state index is 0.224. The molecule has 1 aromatic rings. The summed E-state index contributed by atoms with van der Waals surface area (Å²) in [7, 11) is 1.94. The predicted octanol–water partition coefficient (Wildman–Crippen LogP) is 1.46. The van der Waals surface area contributed by atoms with E-state index in [1.807, 2.05) is 11.7 Å². The lowest BCUT2D eigenvalue weighted by atomic mass is 9.95. The predicted molar refractivity (Wildman–Crippen MR) is 57.4 cm³/mol. The fourth-order valence-corrected chi connectivity index (χ4v) is 2.20. The van der Waals surface area contributed by atoms with Gasteiger partial charge in [-0.25, -0.2) is 4.68 Å². The van der Waals surface area contributed by atoms with Crippen LogP contribution >= 0.6 is 0 Å². The van der Waals surface area contributed by atoms with Gasteiger partial charge in [-0.15, -0.1) is 5.10 Å². The Morgan fingerprint density at radius 1 is 1.33 bits per heavy atom. The second-order valence-corrected chi connectivity index (χ2v) is 4.28. The van der Waals surface area contributed by atoms with E-state index >= 15 is 0 Å². The van der Waals surface area contributed by atoms with E-state index in [0.717, 1.165) is 5.82 Å². The molecule has 0 aliphatic heterocycles. The van der Waals surface area contributed by atoms with Gasteiger partial charge in [0.15, 0.2) is 5.82 Å². The minimum atomic E-state index is 0.224. The topological polar surface area (TPSA) is 55.6 Å². The molecule has 1 fully saturated rings. The van der Waals surface area contributed by atoms with Gasteiger partial charge in [0.2, 0.25) is 0 Å². The Morgan fingerprint density at radius 3 is 2.73 bits per heavy atom. The van der Waals surface area contributed by atoms with Gasteiger partial charge in [-0.3, -0.25) is 0 Å². The zero-order valence-corrected chi connectivity index (χ0v) is 9.48. The molecule has 1 aliphatic carbocycles. The van der Waals surface area contributed by atoms with Gasteiger partial charge in [0.05, 0.1) is 12.1 Å². The fraction of sp³-hybridized carbons (Fsp3) is 0.900. The summed E-state index contributed by atoms with van der Waals surface area (Å²) in [5, 5.41) is 15.2. The Hall–Kier alpha value is -0.970. The van der Waals surface area contributed by atoms with Crippen molar-refractivity contribution in [2.75, 3.05) is 7.05 Å². The molecule has 1 unspecified atom stereocenters. The van der Waals surface area contributed by atoms with Crippen molar-refractivity contribution in [3.05, 3.63) is 5.82 Å². The normalized spacial score (nSPS) is 20.4. The van der Waals surface area contributed by atoms with Gasteiger partial charge in [-0.1, -0.05) is 19.3 Å². The minimum Gasteiger partial charge on any atom is -0.311 e. The average molecular weight is 209 g/mol. The van der Waals surface area contributed by atoms with Crippen molar-refractivity contribution in [1.82, 2.24) is 25.5 Å². The van der Waals surface area contributed by atoms with E-state index < -0.39 is 0 Å². The summed E-state index contributed by atoms with van der Waals surface area (Å²) in [6, 6.07) is 0.737. The first-order valence-electron chi connectivity index (χ1n) is 5.78. The Balaban J connectivity index is 2.15. The van der Waals surface area contributed by atoms with Crippen molar-refractivity contribution in [3.8, 4) is 0 Å². The highest BCUT2D eigenvalue weighted by atomic mass is 15.6. The van der Waals surface area contributed by atoms with Gasteiger partial charge in [-0.05, 0) is 37.2 Å². The van der Waals surface area contributed by atoms with Crippen LogP contribution in [0.2, 0.25) is 0 Å². The van der Waals surface area contributed by atoms with Crippen molar-refractivity contribution in [3.63, 3.8) is 0 Å². The quantitative estimate of drug-likeness (QED) is 0.818. The monoisotopic (exact) mass is 209 g/mol. The van der Waals surface area contributed by atoms with Crippen LogP contribution in [0, 0.1) is 0 Å². The average Bonchev–Trinajstić information content (AvgIpc) is 2.78. The second-order valence-electron chi connectivity index (χ2n) is 4.28. The molecule has 0 radical (unpaired) electrons. The number of tetrazole rings is 1. The Labute approximate surface area is 90.2 Å². The zero-order chi connectivity index (χ0) is 10.7. The Bertz CT molecular complexity index is 303. The summed E-state index contributed by atoms with van der Waals surface area (Å²) < 4.78 is 2.01. The standard InChI is InChI=1S/C10H19N5/c1-8(11-2)10-12-13-14-15(10)9-6-4-3-5-7-9/h8-9,11H,3-7H2,1-2H3. The molecule has 0 spiro atoms. The fourth-order valence-electron chi connectivity index (χ4n) is 2.20. The number of rotatable bonds is 3. The van der Waals surface area contributed by atoms with E-state index in [1.165, 1.54) is 32.1 Å². The van der Waals surface area contributed by atoms with Crippen LogP contribution in [0.3, 0.4) is 0 Å². The summed E-state index contributed by atoms with van der Waals surface area (Å²) in [4.78, 5) is 0. The largest absolute Gasteiger partial charge is 0.311 e. The van der Waals surface area contributed by atoms with E-state index in [9.17, 15) is 0 Å². The number of aromatic nitrogens is 4. The first-order chi connectivity index (χ1) is 7.33. The summed E-state index contributed by atoms with van der Waals surface area (Å²) in [6.45, 7) is 2.09. The molecule has 0 saturated heterocycles. The Morgan fingerprint density at radius 2 is 2.07 bits per heavy atom. The maximum atomic E-state index is 4.12. The van der Waals surface area contributed by atoms with Crippen molar-refractivity contribution >= 4 is 0 Å². The van der Waals surface area contributed by atoms with Gasteiger partial charge < -0.3 is 5.32 Å². The lowest BCUT2D eigenvalue weighted by Gasteiger charge is -2.23. The van der Waals surface area contributed by atoms with Crippen molar-refractivity contribution in [2.24, 2.45) is 0 Å². The van der Waals surface area contributed by atoms with Crippen molar-refractivity contribution < 1.29 is 0 Å². The van der Waals surface area contributed by atoms with E-state index in [0.29, 0.717) is 6.04 Å². The third-order valence-electron chi connectivity index (χ3n) is 3.26. The first kappa shape index (κ1) is 10.5. The van der Waals surface area contributed by atoms with Gasteiger partial charge in [0.25, 0.3) is 0 Å². The van der Waals surface area contributed by atoms with E-state index in [1.54, 1.807) is 0 Å². The number of nitrogens with one attached hydrogen (secondary N) is 1. The number of hydrogen-bond acceptors (Lipinski definition) is 4. The molecule has 1 aliphatic rings. The summed E-state index contributed by atoms with van der Waals surface area (Å²) in [5.74, 6) is 0.962. The summed E-state index contributed by atoms with van der Waals surface area (Å²) in [6.07, 6.45) is 6.40. The molecule has 0 amide bonds. The third-order valence-corrected chi connectivity index (χ3v) is 3.26. The molecule has 2 rings (SSSR count). The van der Waals surface area contributed by atoms with E-state index in [4.69, 9.17) is 0 Å². The van der Waals surface area contributed by atoms with Crippen LogP contribution in [-0.4, -0.2) is 27.3 Å². The molecule has 84 valence electrons. The van der Waals surface area contributed by atoms with Crippen molar-refractivity contribution in [1.29, 1.82) is 0 Å². The maximum Gasteiger partial charge on any atom is 0.168 e. The van der Waals surface area contributed by atoms with Crippen LogP contribution in [0.4, 0.5) is 0 Å². The van der Waals surface area contributed by atoms with E-state index in [2.05, 4.69) is 27.8 Å². The molecule has 0 aromatic carbocycles. The highest BCUT2D eigenvalue weighted by molar-refractivity contribution is 4.92. The SMILES string of the molecule is CNC(C)c1nnnn1C1CCCCC1. The Kier molecular flexibility index (Phi) is 3.30. The molecule has 5 heteroatoms. The molecule has 15 heavy (non-hydrogen) atoms. The van der Waals surface area contributed by atoms with E-state index in [-0.39, 0.29) is 6.04 Å². The summed E-state index contributed by atoms with van der Waals surface area (Å²) >= 11 is 0. The third kappa shape index (κ3) is 2.17. The van der Waals surface area contributed by atoms with Crippen LogP contribution in [0.1, 0.15) is 56.9 Å². The van der Waals surface area contributed by atoms with Crippen LogP contribution in [0.25, 0.3) is 0 Å². The molecule has 1 N–H and O–H groups in total. The van der Waals surface area contributed by atoms with Gasteiger partial charge in [0, 0.05) is 0 Å². The number of nitrogens with zero attached hydrogens (tertiary/aromatic N) is 4. The lowest BCUT2D eigenvalue weighted by Crippen LogP contribution is -2.22. The molecular formula is C10H19N5. The van der Waals surface area contributed by atoms with Crippen molar-refractivity contribution in [2.45, 2.75) is 51.1 Å². The lowest BCUT2D eigenvalue weighted by molar-refractivity contribution is 0.310. The van der Waals surface area contributed by atoms with Crippen LogP contribution in [0.5, 0.6) is 0 Å². The van der Waals surface area contributed by atoms with Crippen LogP contribution in [0.15, 0.2) is 0 Å². The van der Waals surface area contributed by atoms with Gasteiger partial charge >= 0.3 is 0 Å².